The van der Waals surface area contributed by atoms with Crippen molar-refractivity contribution >= 4 is 6.34 Å². The Morgan fingerprint density at radius 1 is 1.32 bits per heavy atom. The molecule has 0 bridgehead atoms. The van der Waals surface area contributed by atoms with Crippen LogP contribution in [-0.2, 0) is 7.05 Å². The molecule has 6 nitrogen and oxygen atoms in total. The number of nitrogens with one attached hydrogen (secondary N) is 1. The number of hydrogen-bond donors (Lipinski definition) is 1. The molecule has 1 aromatic rings. The lowest BCUT2D eigenvalue weighted by Gasteiger charge is -2.14. The molecule has 19 heavy (non-hydrogen) atoms. The molecular weight excluding hydrogens is 240 g/mol. The number of allylic oxidation sites excluding steroid dienone is 2. The normalized spacial score (nSPS) is 23.8. The number of quaternary nitrogens is 1. The summed E-state index contributed by atoms with van der Waals surface area (Å²) in [5.41, 5.74) is 0.761. The van der Waals surface area contributed by atoms with Crippen LogP contribution in [0.1, 0.15) is 0 Å². The molecule has 0 fully saturated rings. The van der Waals surface area contributed by atoms with E-state index in [-0.39, 0.29) is 6.17 Å². The lowest BCUT2D eigenvalue weighted by atomic mass is 10.3. The Balaban J connectivity index is 1.98. The molecule has 2 heterocycles. The Labute approximate surface area is 111 Å². The van der Waals surface area contributed by atoms with E-state index in [1.165, 1.54) is 6.34 Å². The minimum absolute atomic E-state index is 0.00397. The second kappa shape index (κ2) is 6.55. The fraction of sp³-hybridized carbons (Fsp3) is 0.231. The third kappa shape index (κ3) is 3.82. The van der Waals surface area contributed by atoms with Crippen LogP contribution in [0, 0.1) is 0 Å². The highest BCUT2D eigenvalue weighted by molar-refractivity contribution is 5.53. The van der Waals surface area contributed by atoms with Crippen molar-refractivity contribution in [1.29, 1.82) is 0 Å². The van der Waals surface area contributed by atoms with Gasteiger partial charge in [0, 0.05) is 13.2 Å². The van der Waals surface area contributed by atoms with Crippen LogP contribution < -0.4 is 10.4 Å². The van der Waals surface area contributed by atoms with Crippen molar-refractivity contribution in [3.8, 4) is 0 Å². The lowest BCUT2D eigenvalue weighted by Crippen LogP contribution is -3.08. The SMILES string of the molecule is Cn1cccc/c1=N\N=C\N=NC1C=CC=C[NH+]1C. The molecule has 0 aliphatic carbocycles. The summed E-state index contributed by atoms with van der Waals surface area (Å²) in [5.74, 6) is 0. The van der Waals surface area contributed by atoms with Crippen LogP contribution in [0.4, 0.5) is 0 Å². The third-order valence-corrected chi connectivity index (χ3v) is 2.71. The molecule has 2 unspecified atom stereocenters. The van der Waals surface area contributed by atoms with Crippen LogP contribution >= 0.6 is 0 Å². The van der Waals surface area contributed by atoms with Crippen molar-refractivity contribution in [3.63, 3.8) is 0 Å². The van der Waals surface area contributed by atoms with Gasteiger partial charge >= 0.3 is 0 Å². The van der Waals surface area contributed by atoms with Gasteiger partial charge in [-0.15, -0.1) is 20.4 Å². The molecule has 1 N–H and O–H groups in total. The summed E-state index contributed by atoms with van der Waals surface area (Å²) < 4.78 is 1.88. The highest BCUT2D eigenvalue weighted by atomic mass is 15.3. The Kier molecular flexibility index (Phi) is 4.52. The predicted molar refractivity (Wildman–Crippen MR) is 73.3 cm³/mol. The fourth-order valence-corrected chi connectivity index (χ4v) is 1.58. The molecule has 0 amide bonds. The number of azo groups is 1. The molecule has 6 heteroatoms. The zero-order valence-corrected chi connectivity index (χ0v) is 11.0. The van der Waals surface area contributed by atoms with Crippen LogP contribution in [0.15, 0.2) is 69.3 Å². The van der Waals surface area contributed by atoms with Gasteiger partial charge < -0.3 is 4.57 Å². The van der Waals surface area contributed by atoms with E-state index >= 15 is 0 Å². The quantitative estimate of drug-likeness (QED) is 0.349. The van der Waals surface area contributed by atoms with Gasteiger partial charge in [-0.3, -0.25) is 4.90 Å². The van der Waals surface area contributed by atoms with Gasteiger partial charge in [0.25, 0.3) is 0 Å². The molecule has 0 radical (unpaired) electrons. The molecule has 1 aromatic heterocycles. The molecule has 2 rings (SSSR count). The average molecular weight is 257 g/mol. The number of aryl methyl sites for hydroxylation is 1. The molecule has 2 atom stereocenters. The van der Waals surface area contributed by atoms with Gasteiger partial charge in [0.2, 0.25) is 6.17 Å². The summed E-state index contributed by atoms with van der Waals surface area (Å²) in [6.45, 7) is 0. The summed E-state index contributed by atoms with van der Waals surface area (Å²) in [5, 5.41) is 16.0. The van der Waals surface area contributed by atoms with Crippen LogP contribution in [0.25, 0.3) is 0 Å². The van der Waals surface area contributed by atoms with Gasteiger partial charge in [0.15, 0.2) is 11.8 Å². The summed E-state index contributed by atoms with van der Waals surface area (Å²) in [4.78, 5) is 1.16. The predicted octanol–water partition coefficient (Wildman–Crippen LogP) is 0.246. The van der Waals surface area contributed by atoms with Gasteiger partial charge in [-0.05, 0) is 24.3 Å². The summed E-state index contributed by atoms with van der Waals surface area (Å²) in [7, 11) is 3.93. The molecule has 1 aliphatic rings. The van der Waals surface area contributed by atoms with E-state index in [4.69, 9.17) is 0 Å². The van der Waals surface area contributed by atoms with E-state index in [2.05, 4.69) is 20.4 Å². The number of hydrogen-bond acceptors (Lipinski definition) is 3. The maximum atomic E-state index is 4.15. The molecular formula is C13H17N6+. The Bertz CT molecular complexity index is 593. The Hall–Kier alpha value is -2.34. The van der Waals surface area contributed by atoms with Crippen LogP contribution in [-0.4, -0.2) is 24.1 Å². The van der Waals surface area contributed by atoms with Gasteiger partial charge in [0.1, 0.15) is 0 Å². The topological polar surface area (TPSA) is 58.8 Å². The van der Waals surface area contributed by atoms with E-state index < -0.39 is 0 Å². The zero-order valence-electron chi connectivity index (χ0n) is 11.0. The highest BCUT2D eigenvalue weighted by Crippen LogP contribution is 1.90. The van der Waals surface area contributed by atoms with Crippen molar-refractivity contribution < 1.29 is 4.90 Å². The first-order valence-corrected chi connectivity index (χ1v) is 6.03. The number of pyridine rings is 1. The van der Waals surface area contributed by atoms with Crippen LogP contribution in [0.3, 0.4) is 0 Å². The van der Waals surface area contributed by atoms with Gasteiger partial charge in [0.05, 0.1) is 13.2 Å². The minimum atomic E-state index is 0.00397. The van der Waals surface area contributed by atoms with Crippen LogP contribution in [0.2, 0.25) is 0 Å². The Morgan fingerprint density at radius 2 is 2.21 bits per heavy atom. The smallest absolute Gasteiger partial charge is 0.224 e. The number of likely N-dealkylation sites (N-methyl/N-ethyl adjacent to an activating group) is 1. The maximum Gasteiger partial charge on any atom is 0.224 e. The summed E-state index contributed by atoms with van der Waals surface area (Å²) in [6.07, 6.45) is 11.2. The number of aromatic nitrogens is 1. The van der Waals surface area contributed by atoms with E-state index in [1.807, 2.05) is 67.5 Å². The van der Waals surface area contributed by atoms with Gasteiger partial charge in [-0.25, -0.2) is 0 Å². The van der Waals surface area contributed by atoms with E-state index in [0.717, 1.165) is 10.4 Å². The largest absolute Gasteiger partial charge is 0.335 e. The first-order valence-electron chi connectivity index (χ1n) is 6.03. The molecule has 0 saturated heterocycles. The first kappa shape index (κ1) is 13.1. The molecule has 0 spiro atoms. The van der Waals surface area contributed by atoms with E-state index in [1.54, 1.807) is 0 Å². The monoisotopic (exact) mass is 257 g/mol. The van der Waals surface area contributed by atoms with Crippen molar-refractivity contribution in [2.75, 3.05) is 7.05 Å². The Morgan fingerprint density at radius 3 is 3.00 bits per heavy atom. The number of rotatable bonds is 3. The second-order valence-corrected chi connectivity index (χ2v) is 4.16. The van der Waals surface area contributed by atoms with Gasteiger partial charge in [-0.1, -0.05) is 12.1 Å². The standard InChI is InChI=1S/C13H16N6/c1-18-9-5-3-7-12(18)16-14-11-15-17-13-8-4-6-10-19(13)2/h3-12H,1-2H3/p+1/b15-11+,16-14?,17-13+. The molecule has 1 aliphatic heterocycles. The zero-order chi connectivity index (χ0) is 13.5. The highest BCUT2D eigenvalue weighted by Gasteiger charge is 2.12. The third-order valence-electron chi connectivity index (χ3n) is 2.71. The summed E-state index contributed by atoms with van der Waals surface area (Å²) >= 11 is 0. The lowest BCUT2D eigenvalue weighted by molar-refractivity contribution is -0.845. The van der Waals surface area contributed by atoms with Crippen molar-refractivity contribution in [1.82, 2.24) is 4.57 Å². The van der Waals surface area contributed by atoms with Crippen LogP contribution in [0.5, 0.6) is 0 Å². The maximum absolute atomic E-state index is 4.15. The average Bonchev–Trinajstić information content (AvgIpc) is 2.42. The van der Waals surface area contributed by atoms with Crippen molar-refractivity contribution in [2.45, 2.75) is 6.17 Å². The molecule has 0 saturated carbocycles. The van der Waals surface area contributed by atoms with Gasteiger partial charge in [-0.2, -0.15) is 0 Å². The van der Waals surface area contributed by atoms with E-state index in [0.29, 0.717) is 0 Å². The van der Waals surface area contributed by atoms with Crippen molar-refractivity contribution in [2.24, 2.45) is 27.5 Å². The summed E-state index contributed by atoms with van der Waals surface area (Å²) in [6, 6.07) is 5.72. The number of nitrogens with zero attached hydrogens (tertiary/aromatic N) is 5. The minimum Gasteiger partial charge on any atom is -0.335 e. The molecule has 98 valence electrons. The first-order chi connectivity index (χ1) is 9.27. The molecule has 0 aromatic carbocycles. The van der Waals surface area contributed by atoms with Crippen molar-refractivity contribution in [3.05, 3.63) is 54.3 Å². The fourth-order valence-electron chi connectivity index (χ4n) is 1.58. The van der Waals surface area contributed by atoms with E-state index in [9.17, 15) is 0 Å². The second-order valence-electron chi connectivity index (χ2n) is 4.16.